The van der Waals surface area contributed by atoms with Gasteiger partial charge in [0.25, 0.3) is 17.7 Å². The van der Waals surface area contributed by atoms with Crippen molar-refractivity contribution in [2.75, 3.05) is 0 Å². The molecule has 2 aliphatic heterocycles. The number of hydrogen-bond acceptors (Lipinski definition) is 6. The zero-order chi connectivity index (χ0) is 23.0. The van der Waals surface area contributed by atoms with Gasteiger partial charge in [0.1, 0.15) is 0 Å². The van der Waals surface area contributed by atoms with Crippen molar-refractivity contribution in [2.45, 2.75) is 38.6 Å². The van der Waals surface area contributed by atoms with Crippen LogP contribution in [0.2, 0.25) is 0 Å². The van der Waals surface area contributed by atoms with Crippen molar-refractivity contribution < 1.29 is 23.9 Å². The maximum Gasteiger partial charge on any atom is 0.418 e. The van der Waals surface area contributed by atoms with E-state index in [1.807, 2.05) is 60.7 Å². The molecule has 0 aliphatic carbocycles. The molecule has 2 aliphatic rings. The molecule has 9 heteroatoms. The first-order valence-corrected chi connectivity index (χ1v) is 10.4. The molecular formula is C23H21N3O5S. The fourth-order valence-corrected chi connectivity index (χ4v) is 3.99. The summed E-state index contributed by atoms with van der Waals surface area (Å²) in [6, 6.07) is 16.6. The number of imide groups is 1. The Labute approximate surface area is 190 Å². The summed E-state index contributed by atoms with van der Waals surface area (Å²) >= 11 is 5.52. The maximum absolute atomic E-state index is 13.4. The van der Waals surface area contributed by atoms with Gasteiger partial charge in [-0.3, -0.25) is 24.2 Å². The number of nitrogens with zero attached hydrogens (tertiary/aromatic N) is 3. The van der Waals surface area contributed by atoms with Gasteiger partial charge in [0, 0.05) is 0 Å². The van der Waals surface area contributed by atoms with E-state index < -0.39 is 35.5 Å². The summed E-state index contributed by atoms with van der Waals surface area (Å²) in [7, 11) is 0. The van der Waals surface area contributed by atoms with Crippen molar-refractivity contribution in [3.63, 3.8) is 0 Å². The van der Waals surface area contributed by atoms with Gasteiger partial charge in [0.2, 0.25) is 6.04 Å². The van der Waals surface area contributed by atoms with E-state index in [0.29, 0.717) is 4.90 Å². The van der Waals surface area contributed by atoms with E-state index >= 15 is 0 Å². The van der Waals surface area contributed by atoms with Crippen molar-refractivity contribution in [1.29, 1.82) is 0 Å². The second-order valence-electron chi connectivity index (χ2n) is 8.06. The molecule has 2 aromatic rings. The van der Waals surface area contributed by atoms with Crippen LogP contribution in [-0.4, -0.2) is 55.3 Å². The Morgan fingerprint density at radius 1 is 0.812 bits per heavy atom. The third-order valence-corrected chi connectivity index (χ3v) is 5.80. The Balaban J connectivity index is 1.74. The van der Waals surface area contributed by atoms with Gasteiger partial charge in [-0.25, -0.2) is 9.69 Å². The summed E-state index contributed by atoms with van der Waals surface area (Å²) in [5, 5.41) is 0.0169. The van der Waals surface area contributed by atoms with Gasteiger partial charge in [-0.1, -0.05) is 60.7 Å². The average molecular weight is 452 g/mol. The van der Waals surface area contributed by atoms with Gasteiger partial charge in [0.15, 0.2) is 10.7 Å². The summed E-state index contributed by atoms with van der Waals surface area (Å²) < 4.78 is 5.12. The second kappa shape index (κ2) is 8.16. The number of ether oxygens (including phenoxy) is 1. The molecule has 0 aromatic heterocycles. The van der Waals surface area contributed by atoms with E-state index in [4.69, 9.17) is 17.0 Å². The maximum atomic E-state index is 13.4. The van der Waals surface area contributed by atoms with Crippen molar-refractivity contribution in [1.82, 2.24) is 14.7 Å². The van der Waals surface area contributed by atoms with Gasteiger partial charge >= 0.3 is 6.09 Å². The number of hydrogen-bond donors (Lipinski definition) is 0. The molecule has 8 nitrogen and oxygen atoms in total. The fraction of sp³-hybridized carbons (Fsp3) is 0.261. The molecule has 4 amide bonds. The number of carbonyl (C=O) groups is 4. The normalized spacial score (nSPS) is 19.1. The Morgan fingerprint density at radius 3 is 1.62 bits per heavy atom. The molecule has 0 saturated carbocycles. The van der Waals surface area contributed by atoms with Gasteiger partial charge in [0.05, 0.1) is 13.1 Å². The lowest BCUT2D eigenvalue weighted by Crippen LogP contribution is -2.67. The van der Waals surface area contributed by atoms with Crippen LogP contribution in [0, 0.1) is 0 Å². The molecule has 0 bridgehead atoms. The third-order valence-electron chi connectivity index (χ3n) is 5.36. The van der Waals surface area contributed by atoms with Gasteiger partial charge in [-0.2, -0.15) is 0 Å². The zero-order valence-electron chi connectivity index (χ0n) is 17.6. The lowest BCUT2D eigenvalue weighted by atomic mass is 10.0. The molecule has 2 aromatic carbocycles. The molecule has 4 rings (SSSR count). The Hall–Kier alpha value is -3.59. The number of carbonyl (C=O) groups excluding carboxylic acids is 4. The molecule has 164 valence electrons. The van der Waals surface area contributed by atoms with E-state index in [1.54, 1.807) is 0 Å². The number of cyclic esters (lactones) is 1. The topological polar surface area (TPSA) is 87.2 Å². The van der Waals surface area contributed by atoms with E-state index in [2.05, 4.69) is 0 Å². The van der Waals surface area contributed by atoms with Crippen LogP contribution in [0.1, 0.15) is 25.0 Å². The number of thiocarbonyl (C=S) groups is 1. The molecule has 2 fully saturated rings. The Morgan fingerprint density at radius 2 is 1.25 bits per heavy atom. The highest BCUT2D eigenvalue weighted by Crippen LogP contribution is 2.30. The van der Waals surface area contributed by atoms with Crippen LogP contribution < -0.4 is 0 Å². The summed E-state index contributed by atoms with van der Waals surface area (Å²) in [4.78, 5) is 55.3. The van der Waals surface area contributed by atoms with Crippen molar-refractivity contribution >= 4 is 41.1 Å². The Bertz CT molecular complexity index is 1040. The van der Waals surface area contributed by atoms with E-state index in [0.717, 1.165) is 11.1 Å². The van der Waals surface area contributed by atoms with Gasteiger partial charge in [-0.05, 0) is 37.2 Å². The number of rotatable bonds is 5. The molecule has 2 heterocycles. The zero-order valence-corrected chi connectivity index (χ0v) is 18.4. The predicted octanol–water partition coefficient (Wildman–Crippen LogP) is 2.47. The SMILES string of the molecule is CC1(C)OC(=O)N(C2C(=O)N(Cc3ccccc3)C(=S)N(Cc3ccccc3)C2=O)C1=O. The van der Waals surface area contributed by atoms with Gasteiger partial charge in [-0.15, -0.1) is 0 Å². The first-order valence-electron chi connectivity index (χ1n) is 10.0. The lowest BCUT2D eigenvalue weighted by molar-refractivity contribution is -0.153. The van der Waals surface area contributed by atoms with Crippen molar-refractivity contribution in [3.8, 4) is 0 Å². The van der Waals surface area contributed by atoms with Crippen LogP contribution in [0.15, 0.2) is 60.7 Å². The quantitative estimate of drug-likeness (QED) is 0.513. The highest BCUT2D eigenvalue weighted by molar-refractivity contribution is 7.80. The highest BCUT2D eigenvalue weighted by atomic mass is 32.1. The fourth-order valence-electron chi connectivity index (χ4n) is 3.69. The minimum atomic E-state index is -1.68. The third kappa shape index (κ3) is 3.75. The molecular weight excluding hydrogens is 430 g/mol. The monoisotopic (exact) mass is 451 g/mol. The van der Waals surface area contributed by atoms with E-state index in [9.17, 15) is 19.2 Å². The lowest BCUT2D eigenvalue weighted by Gasteiger charge is -2.41. The molecule has 0 N–H and O–H groups in total. The molecule has 0 radical (unpaired) electrons. The molecule has 2 saturated heterocycles. The summed E-state index contributed by atoms with van der Waals surface area (Å²) in [6.45, 7) is 3.01. The van der Waals surface area contributed by atoms with Crippen LogP contribution in [0.4, 0.5) is 4.79 Å². The summed E-state index contributed by atoms with van der Waals surface area (Å²) in [5.41, 5.74) is 0.0997. The van der Waals surface area contributed by atoms with Crippen molar-refractivity contribution in [2.24, 2.45) is 0 Å². The largest absolute Gasteiger partial charge is 0.433 e. The van der Waals surface area contributed by atoms with Crippen LogP contribution in [0.25, 0.3) is 0 Å². The molecule has 0 spiro atoms. The summed E-state index contributed by atoms with van der Waals surface area (Å²) in [6.07, 6.45) is -1.03. The van der Waals surface area contributed by atoms with Crippen LogP contribution in [0.5, 0.6) is 0 Å². The van der Waals surface area contributed by atoms with E-state index in [-0.39, 0.29) is 18.2 Å². The van der Waals surface area contributed by atoms with Crippen LogP contribution in [0.3, 0.4) is 0 Å². The Kier molecular flexibility index (Phi) is 5.52. The van der Waals surface area contributed by atoms with E-state index in [1.165, 1.54) is 23.6 Å². The minimum Gasteiger partial charge on any atom is -0.433 e. The number of amides is 4. The average Bonchev–Trinajstić information content (AvgIpc) is 2.97. The van der Waals surface area contributed by atoms with Crippen molar-refractivity contribution in [3.05, 3.63) is 71.8 Å². The van der Waals surface area contributed by atoms with Crippen LogP contribution in [-0.2, 0) is 32.2 Å². The molecule has 0 unspecified atom stereocenters. The molecule has 32 heavy (non-hydrogen) atoms. The second-order valence-corrected chi connectivity index (χ2v) is 8.42. The highest BCUT2D eigenvalue weighted by Gasteiger charge is 2.57. The van der Waals surface area contributed by atoms with Gasteiger partial charge < -0.3 is 4.74 Å². The first-order chi connectivity index (χ1) is 15.2. The predicted molar refractivity (Wildman–Crippen MR) is 118 cm³/mol. The standard InChI is InChI=1S/C23H21N3O5S/c1-23(2)20(29)26(22(30)31-23)17-18(27)24(13-15-9-5-3-6-10-15)21(32)25(19(17)28)14-16-11-7-4-8-12-16/h3-12,17H,13-14H2,1-2H3. The summed E-state index contributed by atoms with van der Waals surface area (Å²) in [5.74, 6) is -2.23. The minimum absolute atomic E-state index is 0.0169. The first kappa shape index (κ1) is 21.6. The number of benzene rings is 2. The smallest absolute Gasteiger partial charge is 0.418 e. The molecule has 0 atom stereocenters. The van der Waals surface area contributed by atoms with Crippen LogP contribution >= 0.6 is 12.2 Å².